The molecule has 2 N–H and O–H groups in total. The molecule has 3 aromatic heterocycles. The third-order valence-electron chi connectivity index (χ3n) is 6.80. The summed E-state index contributed by atoms with van der Waals surface area (Å²) in [6, 6.07) is 7.79. The third kappa shape index (κ3) is 7.40. The molecule has 1 fully saturated rings. The van der Waals surface area contributed by atoms with E-state index in [4.69, 9.17) is 24.9 Å². The molecule has 13 heteroatoms. The van der Waals surface area contributed by atoms with E-state index in [9.17, 15) is 13.2 Å². The van der Waals surface area contributed by atoms with Gasteiger partial charge in [-0.15, -0.1) is 5.10 Å². The van der Waals surface area contributed by atoms with E-state index in [0.717, 1.165) is 6.42 Å². The number of nitrogens with zero attached hydrogens (tertiary/aromatic N) is 5. The molecule has 0 saturated carbocycles. The summed E-state index contributed by atoms with van der Waals surface area (Å²) in [4.78, 5) is 24.1. The van der Waals surface area contributed by atoms with Gasteiger partial charge in [0, 0.05) is 37.2 Å². The van der Waals surface area contributed by atoms with E-state index in [2.05, 4.69) is 35.8 Å². The fourth-order valence-electron chi connectivity index (χ4n) is 5.02. The van der Waals surface area contributed by atoms with Gasteiger partial charge in [0.15, 0.2) is 21.4 Å². The number of carbonyl (C=O) groups is 1. The first-order chi connectivity index (χ1) is 19.5. The number of sulfone groups is 1. The number of hydrogen-bond donors (Lipinski definition) is 1. The lowest BCUT2D eigenvalue weighted by Gasteiger charge is -2.34. The molecule has 1 aliphatic heterocycles. The molecule has 1 aliphatic rings. The van der Waals surface area contributed by atoms with Gasteiger partial charge in [-0.25, -0.2) is 23.1 Å². The zero-order valence-corrected chi connectivity index (χ0v) is 24.8. The molecule has 0 bridgehead atoms. The van der Waals surface area contributed by atoms with Gasteiger partial charge in [-0.05, 0) is 57.4 Å². The molecule has 4 rings (SSSR count). The number of ketones is 1. The number of hydrogen-bond acceptors (Lipinski definition) is 11. The SMILES string of the molecule is CCOCCOCCOc1ccn(-c2ccc(C(=O)CS(=O)(=O)c3cccnc3N)c(N3C[C@@H](C)CC3(C)C)n2)n1. The zero-order valence-electron chi connectivity index (χ0n) is 23.9. The minimum atomic E-state index is -4.03. The summed E-state index contributed by atoms with van der Waals surface area (Å²) in [5, 5.41) is 4.46. The van der Waals surface area contributed by atoms with Crippen LogP contribution in [0.3, 0.4) is 0 Å². The Morgan fingerprint density at radius 1 is 1.12 bits per heavy atom. The first-order valence-electron chi connectivity index (χ1n) is 13.6. The van der Waals surface area contributed by atoms with Crippen molar-refractivity contribution < 1.29 is 27.4 Å². The Labute approximate surface area is 240 Å². The molecule has 0 amide bonds. The summed E-state index contributed by atoms with van der Waals surface area (Å²) in [6.07, 6.45) is 4.01. The first-order valence-corrected chi connectivity index (χ1v) is 15.3. The van der Waals surface area contributed by atoms with E-state index in [1.54, 1.807) is 29.1 Å². The molecular formula is C28H38N6O6S. The number of carbonyl (C=O) groups excluding carboxylic acids is 1. The topological polar surface area (TPSA) is 152 Å². The maximum absolute atomic E-state index is 13.5. The van der Waals surface area contributed by atoms with E-state index in [-0.39, 0.29) is 21.8 Å². The highest BCUT2D eigenvalue weighted by molar-refractivity contribution is 7.92. The molecule has 12 nitrogen and oxygen atoms in total. The maximum Gasteiger partial charge on any atom is 0.233 e. The van der Waals surface area contributed by atoms with Gasteiger partial charge >= 0.3 is 0 Å². The van der Waals surface area contributed by atoms with Crippen molar-refractivity contribution in [3.8, 4) is 11.7 Å². The number of ether oxygens (including phenoxy) is 3. The summed E-state index contributed by atoms with van der Waals surface area (Å²) < 4.78 is 44.1. The van der Waals surface area contributed by atoms with Crippen molar-refractivity contribution in [2.75, 3.05) is 56.0 Å². The molecule has 0 aromatic carbocycles. The summed E-state index contributed by atoms with van der Waals surface area (Å²) in [7, 11) is -4.03. The third-order valence-corrected chi connectivity index (χ3v) is 8.46. The Kier molecular flexibility index (Phi) is 9.61. The van der Waals surface area contributed by atoms with Crippen LogP contribution in [0.25, 0.3) is 5.82 Å². The van der Waals surface area contributed by atoms with E-state index in [1.165, 1.54) is 18.3 Å². The molecule has 0 spiro atoms. The fourth-order valence-corrected chi connectivity index (χ4v) is 6.34. The monoisotopic (exact) mass is 586 g/mol. The molecule has 1 atom stereocenters. The highest BCUT2D eigenvalue weighted by atomic mass is 32.2. The van der Waals surface area contributed by atoms with Crippen LogP contribution in [0.15, 0.2) is 47.6 Å². The van der Waals surface area contributed by atoms with Crippen LogP contribution in [-0.4, -0.2) is 84.8 Å². The Morgan fingerprint density at radius 2 is 1.88 bits per heavy atom. The van der Waals surface area contributed by atoms with Gasteiger partial charge in [-0.3, -0.25) is 4.79 Å². The van der Waals surface area contributed by atoms with Gasteiger partial charge in [0.1, 0.15) is 28.9 Å². The quantitative estimate of drug-likeness (QED) is 0.219. The Morgan fingerprint density at radius 3 is 2.59 bits per heavy atom. The van der Waals surface area contributed by atoms with E-state index in [0.29, 0.717) is 63.0 Å². The van der Waals surface area contributed by atoms with Gasteiger partial charge in [0.25, 0.3) is 0 Å². The van der Waals surface area contributed by atoms with E-state index in [1.807, 2.05) is 6.92 Å². The lowest BCUT2D eigenvalue weighted by molar-refractivity contribution is 0.0398. The normalized spacial score (nSPS) is 16.7. The van der Waals surface area contributed by atoms with Crippen molar-refractivity contribution in [1.82, 2.24) is 19.7 Å². The number of pyridine rings is 2. The minimum Gasteiger partial charge on any atom is -0.474 e. The average Bonchev–Trinajstić information content (AvgIpc) is 3.50. The molecule has 222 valence electrons. The standard InChI is InChI=1S/C28H38N6O6S/c1-5-38-13-14-39-15-16-40-25-10-12-34(32-25)24-9-8-21(27(31-24)33-18-20(2)17-28(33,3)4)22(35)19-41(36,37)23-7-6-11-30-26(23)29/h6-12,20H,5,13-19H2,1-4H3,(H2,29,30)/t20-/m0/s1. The van der Waals surface area contributed by atoms with E-state index >= 15 is 0 Å². The summed E-state index contributed by atoms with van der Waals surface area (Å²) >= 11 is 0. The molecule has 41 heavy (non-hydrogen) atoms. The molecule has 0 unspecified atom stereocenters. The van der Waals surface area contributed by atoms with Gasteiger partial charge < -0.3 is 24.8 Å². The Hall–Kier alpha value is -3.55. The summed E-state index contributed by atoms with van der Waals surface area (Å²) in [5.41, 5.74) is 5.72. The van der Waals surface area contributed by atoms with Crippen LogP contribution in [0, 0.1) is 5.92 Å². The highest BCUT2D eigenvalue weighted by Gasteiger charge is 2.39. The number of rotatable bonds is 14. The number of anilines is 2. The number of aromatic nitrogens is 4. The molecular weight excluding hydrogens is 548 g/mol. The minimum absolute atomic E-state index is 0.141. The van der Waals surface area contributed by atoms with Crippen LogP contribution in [0.2, 0.25) is 0 Å². The zero-order chi connectivity index (χ0) is 29.6. The van der Waals surface area contributed by atoms with Crippen molar-refractivity contribution >= 4 is 27.3 Å². The van der Waals surface area contributed by atoms with Gasteiger partial charge in [0.05, 0.1) is 25.4 Å². The molecule has 3 aromatic rings. The first kappa shape index (κ1) is 30.4. The van der Waals surface area contributed by atoms with Gasteiger partial charge in [0.2, 0.25) is 5.88 Å². The lowest BCUT2D eigenvalue weighted by Crippen LogP contribution is -2.40. The van der Waals surface area contributed by atoms with Crippen LogP contribution in [0.4, 0.5) is 11.6 Å². The van der Waals surface area contributed by atoms with Crippen LogP contribution in [0.5, 0.6) is 5.88 Å². The van der Waals surface area contributed by atoms with Crippen molar-refractivity contribution in [2.45, 2.75) is 44.6 Å². The smallest absolute Gasteiger partial charge is 0.233 e. The largest absolute Gasteiger partial charge is 0.474 e. The number of nitrogens with two attached hydrogens (primary N) is 1. The van der Waals surface area contributed by atoms with Crippen LogP contribution >= 0.6 is 0 Å². The van der Waals surface area contributed by atoms with E-state index < -0.39 is 21.4 Å². The van der Waals surface area contributed by atoms with Crippen LogP contribution in [0.1, 0.15) is 44.5 Å². The van der Waals surface area contributed by atoms with Crippen LogP contribution < -0.4 is 15.4 Å². The maximum atomic E-state index is 13.5. The van der Waals surface area contributed by atoms with Crippen molar-refractivity contribution in [1.29, 1.82) is 0 Å². The Balaban J connectivity index is 1.57. The van der Waals surface area contributed by atoms with Crippen LogP contribution in [-0.2, 0) is 19.3 Å². The van der Waals surface area contributed by atoms with Crippen molar-refractivity contribution in [3.63, 3.8) is 0 Å². The number of Topliss-reactive ketones (excluding diaryl/α,β-unsaturated/α-hetero) is 1. The summed E-state index contributed by atoms with van der Waals surface area (Å²) in [6.45, 7) is 11.3. The fraction of sp³-hybridized carbons (Fsp3) is 0.500. The van der Waals surface area contributed by atoms with Crippen molar-refractivity contribution in [3.05, 3.63) is 48.3 Å². The second kappa shape index (κ2) is 13.0. The Bertz CT molecular complexity index is 1460. The second-order valence-corrected chi connectivity index (χ2v) is 12.6. The molecule has 0 aliphatic carbocycles. The average molecular weight is 587 g/mol. The highest BCUT2D eigenvalue weighted by Crippen LogP contribution is 2.38. The van der Waals surface area contributed by atoms with Gasteiger partial charge in [-0.1, -0.05) is 6.92 Å². The summed E-state index contributed by atoms with van der Waals surface area (Å²) in [5.74, 6) is 0.164. The molecule has 0 radical (unpaired) electrons. The van der Waals surface area contributed by atoms with Gasteiger partial charge in [-0.2, -0.15) is 0 Å². The lowest BCUT2D eigenvalue weighted by atomic mass is 9.97. The second-order valence-electron chi connectivity index (χ2n) is 10.6. The van der Waals surface area contributed by atoms with Crippen molar-refractivity contribution in [2.24, 2.45) is 5.92 Å². The predicted octanol–water partition coefficient (Wildman–Crippen LogP) is 2.96. The molecule has 4 heterocycles. The number of nitrogen functional groups attached to an aromatic ring is 1. The predicted molar refractivity (Wildman–Crippen MR) is 154 cm³/mol. The molecule has 1 saturated heterocycles.